The van der Waals surface area contributed by atoms with Crippen LogP contribution >= 0.6 is 23.2 Å². The molecule has 8 heteroatoms. The number of hydrogen-bond acceptors (Lipinski definition) is 4. The first-order valence-electron chi connectivity index (χ1n) is 6.07. The van der Waals surface area contributed by atoms with Gasteiger partial charge in [-0.1, -0.05) is 29.3 Å². The van der Waals surface area contributed by atoms with Crippen LogP contribution < -0.4 is 10.0 Å². The number of rotatable bonds is 4. The van der Waals surface area contributed by atoms with Crippen molar-refractivity contribution in [2.75, 3.05) is 11.9 Å². The number of benzene rings is 1. The average Bonchev–Trinajstić information content (AvgIpc) is 2.49. The van der Waals surface area contributed by atoms with Gasteiger partial charge in [0.2, 0.25) is 0 Å². The van der Waals surface area contributed by atoms with Gasteiger partial charge >= 0.3 is 5.97 Å². The molecule has 0 saturated heterocycles. The smallest absolute Gasteiger partial charge is 0.339 e. The van der Waals surface area contributed by atoms with Crippen molar-refractivity contribution >= 4 is 40.8 Å². The fourth-order valence-corrected chi connectivity index (χ4v) is 2.05. The second-order valence-electron chi connectivity index (χ2n) is 4.17. The van der Waals surface area contributed by atoms with Gasteiger partial charge in [0.25, 0.3) is 5.91 Å². The van der Waals surface area contributed by atoms with E-state index in [1.807, 2.05) is 0 Å². The summed E-state index contributed by atoms with van der Waals surface area (Å²) in [6, 6.07) is 7.35. The standard InChI is InChI=1S/C14H10Cl2N2O4/c15-10-2-1-3-11(16)13(10)17-12(19)8-22-14(20)9-4-6-18(21)7-5-9/h1-7H,8H2,(H,17,19). The lowest BCUT2D eigenvalue weighted by Gasteiger charge is -2.09. The van der Waals surface area contributed by atoms with Crippen LogP contribution in [-0.2, 0) is 9.53 Å². The highest BCUT2D eigenvalue weighted by Crippen LogP contribution is 2.29. The minimum atomic E-state index is -0.721. The van der Waals surface area contributed by atoms with Crippen molar-refractivity contribution in [1.29, 1.82) is 0 Å². The Morgan fingerprint density at radius 3 is 2.32 bits per heavy atom. The lowest BCUT2D eigenvalue weighted by atomic mass is 10.3. The zero-order valence-electron chi connectivity index (χ0n) is 11.1. The third kappa shape index (κ3) is 4.09. The molecule has 0 atom stereocenters. The maximum atomic E-state index is 11.7. The summed E-state index contributed by atoms with van der Waals surface area (Å²) in [5.41, 5.74) is 0.412. The third-order valence-electron chi connectivity index (χ3n) is 2.60. The molecule has 114 valence electrons. The fraction of sp³-hybridized carbons (Fsp3) is 0.0714. The molecular weight excluding hydrogens is 331 g/mol. The van der Waals surface area contributed by atoms with E-state index in [1.54, 1.807) is 18.2 Å². The van der Waals surface area contributed by atoms with Gasteiger partial charge in [-0.15, -0.1) is 0 Å². The summed E-state index contributed by atoms with van der Waals surface area (Å²) in [5.74, 6) is -1.31. The minimum absolute atomic E-state index is 0.163. The summed E-state index contributed by atoms with van der Waals surface area (Å²) in [4.78, 5) is 23.4. The molecule has 1 aromatic carbocycles. The highest BCUT2D eigenvalue weighted by Gasteiger charge is 2.13. The van der Waals surface area contributed by atoms with Gasteiger partial charge < -0.3 is 15.3 Å². The Labute approximate surface area is 135 Å². The third-order valence-corrected chi connectivity index (χ3v) is 3.23. The Morgan fingerprint density at radius 1 is 1.14 bits per heavy atom. The van der Waals surface area contributed by atoms with Crippen molar-refractivity contribution in [3.63, 3.8) is 0 Å². The first kappa shape index (κ1) is 16.1. The minimum Gasteiger partial charge on any atom is -0.619 e. The number of anilines is 1. The zero-order valence-corrected chi connectivity index (χ0v) is 12.6. The van der Waals surface area contributed by atoms with Crippen LogP contribution in [0.25, 0.3) is 0 Å². The van der Waals surface area contributed by atoms with Crippen LogP contribution in [0.5, 0.6) is 0 Å². The van der Waals surface area contributed by atoms with Crippen LogP contribution in [-0.4, -0.2) is 18.5 Å². The highest BCUT2D eigenvalue weighted by atomic mass is 35.5. The van der Waals surface area contributed by atoms with Crippen LogP contribution in [0, 0.1) is 5.21 Å². The second-order valence-corrected chi connectivity index (χ2v) is 4.98. The molecule has 0 aliphatic rings. The molecule has 2 aromatic rings. The molecule has 1 amide bonds. The summed E-state index contributed by atoms with van der Waals surface area (Å²) in [7, 11) is 0. The Bertz CT molecular complexity index is 684. The van der Waals surface area contributed by atoms with Crippen LogP contribution in [0.3, 0.4) is 0 Å². The Balaban J connectivity index is 1.93. The molecule has 1 aromatic heterocycles. The van der Waals surface area contributed by atoms with Crippen LogP contribution in [0.15, 0.2) is 42.7 Å². The van der Waals surface area contributed by atoms with E-state index in [9.17, 15) is 14.8 Å². The molecule has 2 rings (SSSR count). The fourth-order valence-electron chi connectivity index (χ4n) is 1.56. The molecule has 0 bridgehead atoms. The first-order chi connectivity index (χ1) is 10.5. The molecule has 0 aliphatic carbocycles. The van der Waals surface area contributed by atoms with Crippen molar-refractivity contribution in [3.05, 3.63) is 63.5 Å². The number of halogens is 2. The summed E-state index contributed by atoms with van der Waals surface area (Å²) < 4.78 is 5.36. The van der Waals surface area contributed by atoms with E-state index in [-0.39, 0.29) is 21.3 Å². The SMILES string of the molecule is O=C(COC(=O)c1cc[n+]([O-])cc1)Nc1c(Cl)cccc1Cl. The van der Waals surface area contributed by atoms with E-state index in [2.05, 4.69) is 5.32 Å². The molecule has 0 saturated carbocycles. The Hall–Kier alpha value is -2.31. The molecule has 1 N–H and O–H groups in total. The molecule has 1 heterocycles. The summed E-state index contributed by atoms with van der Waals surface area (Å²) in [6.07, 6.45) is 2.31. The van der Waals surface area contributed by atoms with Gasteiger partial charge in [-0.3, -0.25) is 4.79 Å². The number of para-hydroxylation sites is 1. The van der Waals surface area contributed by atoms with Gasteiger partial charge in [-0.2, -0.15) is 4.73 Å². The molecular formula is C14H10Cl2N2O4. The normalized spacial score (nSPS) is 10.1. The Morgan fingerprint density at radius 2 is 1.73 bits per heavy atom. The monoisotopic (exact) mass is 340 g/mol. The molecule has 0 fully saturated rings. The Kier molecular flexibility index (Phi) is 5.19. The van der Waals surface area contributed by atoms with E-state index >= 15 is 0 Å². The molecule has 0 unspecified atom stereocenters. The number of aromatic nitrogens is 1. The topological polar surface area (TPSA) is 82.3 Å². The zero-order chi connectivity index (χ0) is 16.1. The molecule has 22 heavy (non-hydrogen) atoms. The van der Waals surface area contributed by atoms with E-state index in [4.69, 9.17) is 27.9 Å². The number of nitrogens with one attached hydrogen (secondary N) is 1. The first-order valence-corrected chi connectivity index (χ1v) is 6.83. The maximum absolute atomic E-state index is 11.7. The van der Waals surface area contributed by atoms with Gasteiger partial charge in [0.05, 0.1) is 21.3 Å². The highest BCUT2D eigenvalue weighted by molar-refractivity contribution is 6.39. The summed E-state index contributed by atoms with van der Waals surface area (Å²) >= 11 is 11.8. The summed E-state index contributed by atoms with van der Waals surface area (Å²) in [5, 5.41) is 13.9. The van der Waals surface area contributed by atoms with Crippen molar-refractivity contribution in [2.45, 2.75) is 0 Å². The molecule has 0 spiro atoms. The quantitative estimate of drug-likeness (QED) is 0.526. The molecule has 0 aliphatic heterocycles. The predicted octanol–water partition coefficient (Wildman–Crippen LogP) is 2.42. The van der Waals surface area contributed by atoms with Gasteiger partial charge in [0.1, 0.15) is 0 Å². The van der Waals surface area contributed by atoms with Gasteiger partial charge in [-0.25, -0.2) is 4.79 Å². The van der Waals surface area contributed by atoms with Crippen LogP contribution in [0.4, 0.5) is 5.69 Å². The molecule has 0 radical (unpaired) electrons. The van der Waals surface area contributed by atoms with Crippen LogP contribution in [0.2, 0.25) is 10.0 Å². The summed E-state index contributed by atoms with van der Waals surface area (Å²) in [6.45, 7) is -0.507. The van der Waals surface area contributed by atoms with Gasteiger partial charge in [0.15, 0.2) is 19.0 Å². The number of ether oxygens (including phenoxy) is 1. The van der Waals surface area contributed by atoms with E-state index in [0.29, 0.717) is 4.73 Å². The lowest BCUT2D eigenvalue weighted by Crippen LogP contribution is -2.25. The van der Waals surface area contributed by atoms with Crippen molar-refractivity contribution in [3.8, 4) is 0 Å². The number of nitrogens with zero attached hydrogens (tertiary/aromatic N) is 1. The van der Waals surface area contributed by atoms with E-state index < -0.39 is 18.5 Å². The maximum Gasteiger partial charge on any atom is 0.339 e. The largest absolute Gasteiger partial charge is 0.619 e. The lowest BCUT2D eigenvalue weighted by molar-refractivity contribution is -0.605. The number of pyridine rings is 1. The average molecular weight is 341 g/mol. The van der Waals surface area contributed by atoms with E-state index in [1.165, 1.54) is 12.1 Å². The van der Waals surface area contributed by atoms with Gasteiger partial charge in [-0.05, 0) is 12.1 Å². The van der Waals surface area contributed by atoms with Crippen molar-refractivity contribution in [1.82, 2.24) is 0 Å². The number of hydrogen-bond donors (Lipinski definition) is 1. The van der Waals surface area contributed by atoms with Crippen LogP contribution in [0.1, 0.15) is 10.4 Å². The van der Waals surface area contributed by atoms with Gasteiger partial charge in [0, 0.05) is 12.1 Å². The predicted molar refractivity (Wildman–Crippen MR) is 80.8 cm³/mol. The number of esters is 1. The number of carbonyl (C=O) groups is 2. The second kappa shape index (κ2) is 7.11. The van der Waals surface area contributed by atoms with Crippen molar-refractivity contribution < 1.29 is 19.1 Å². The van der Waals surface area contributed by atoms with E-state index in [0.717, 1.165) is 12.4 Å². The molecule has 6 nitrogen and oxygen atoms in total. The van der Waals surface area contributed by atoms with Crippen molar-refractivity contribution in [2.24, 2.45) is 0 Å². The number of carbonyl (C=O) groups excluding carboxylic acids is 2. The number of amides is 1.